The lowest BCUT2D eigenvalue weighted by atomic mass is 10.1. The number of hydrogen-bond acceptors (Lipinski definition) is 4. The summed E-state index contributed by atoms with van der Waals surface area (Å²) in [6.45, 7) is 6.22. The lowest BCUT2D eigenvalue weighted by Crippen LogP contribution is -2.06. The highest BCUT2D eigenvalue weighted by atomic mass is 32.1. The van der Waals surface area contributed by atoms with E-state index in [0.29, 0.717) is 16.3 Å². The number of rotatable bonds is 6. The number of aryl methyl sites for hydroxylation is 2. The molecule has 0 spiro atoms. The van der Waals surface area contributed by atoms with Gasteiger partial charge in [-0.05, 0) is 43.4 Å². The van der Waals surface area contributed by atoms with Crippen LogP contribution in [0.15, 0.2) is 48.5 Å². The zero-order valence-corrected chi connectivity index (χ0v) is 17.4. The molecule has 3 aromatic rings. The second-order valence-corrected chi connectivity index (χ2v) is 6.21. The Bertz CT molecular complexity index is 991. The molecule has 0 aliphatic rings. The monoisotopic (exact) mass is 399 g/mol. The van der Waals surface area contributed by atoms with Gasteiger partial charge in [0.2, 0.25) is 4.77 Å². The Hall–Kier alpha value is -2.93. The van der Waals surface area contributed by atoms with Crippen molar-refractivity contribution in [3.05, 3.63) is 58.9 Å². The van der Waals surface area contributed by atoms with Crippen molar-refractivity contribution in [1.29, 1.82) is 0 Å². The minimum absolute atomic E-state index is 0.0510. The summed E-state index contributed by atoms with van der Waals surface area (Å²) in [7, 11) is 1.60. The first-order valence-electron chi connectivity index (χ1n) is 9.13. The molecule has 3 rings (SSSR count). The van der Waals surface area contributed by atoms with Crippen molar-refractivity contribution in [2.45, 2.75) is 33.7 Å². The van der Waals surface area contributed by atoms with Crippen molar-refractivity contribution in [1.82, 2.24) is 14.3 Å². The summed E-state index contributed by atoms with van der Waals surface area (Å²) in [4.78, 5) is 11.0. The number of hydrogen-bond donors (Lipinski definition) is 1. The number of ether oxygens (including phenoxy) is 1. The van der Waals surface area contributed by atoms with Gasteiger partial charge in [-0.2, -0.15) is 5.10 Å². The van der Waals surface area contributed by atoms with Crippen LogP contribution in [0.4, 0.5) is 0 Å². The first kappa shape index (κ1) is 21.4. The summed E-state index contributed by atoms with van der Waals surface area (Å²) in [5, 5.41) is 13.6. The molecule has 2 aromatic carbocycles. The average molecular weight is 400 g/mol. The minimum atomic E-state index is -0.893. The molecule has 0 bridgehead atoms. The maximum absolute atomic E-state index is 11.0. The van der Waals surface area contributed by atoms with Crippen molar-refractivity contribution in [2.24, 2.45) is 0 Å². The van der Waals surface area contributed by atoms with Gasteiger partial charge in [0.1, 0.15) is 5.75 Å². The van der Waals surface area contributed by atoms with Gasteiger partial charge in [-0.25, -0.2) is 4.68 Å². The molecule has 28 heavy (non-hydrogen) atoms. The van der Waals surface area contributed by atoms with Crippen molar-refractivity contribution >= 4 is 18.2 Å². The van der Waals surface area contributed by atoms with Gasteiger partial charge < -0.3 is 9.84 Å². The van der Waals surface area contributed by atoms with E-state index in [-0.39, 0.29) is 13.0 Å². The standard InChI is InChI=1S/C19H19N3O3S.C2H6/c1-13-7-9-14(10-8-13)22-18(15-5-3-4-6-16(15)25-2)20-21(19(22)26)12-11-17(23)24;1-2/h3-10H,11-12H2,1-2H3,(H,23,24);1-2H3. The number of aromatic nitrogens is 3. The lowest BCUT2D eigenvalue weighted by Gasteiger charge is -2.10. The SMILES string of the molecule is CC.COc1ccccc1-c1nn(CCC(=O)O)c(=S)n1-c1ccc(C)cc1. The number of benzene rings is 2. The van der Waals surface area contributed by atoms with Crippen molar-refractivity contribution < 1.29 is 14.6 Å². The van der Waals surface area contributed by atoms with Gasteiger partial charge in [-0.3, -0.25) is 9.36 Å². The number of nitrogens with zero attached hydrogens (tertiary/aromatic N) is 3. The zero-order valence-electron chi connectivity index (χ0n) is 16.5. The van der Waals surface area contributed by atoms with Crippen molar-refractivity contribution in [3.8, 4) is 22.8 Å². The molecule has 1 heterocycles. The Morgan fingerprint density at radius 2 is 1.79 bits per heavy atom. The molecule has 0 aliphatic heterocycles. The van der Waals surface area contributed by atoms with E-state index in [0.717, 1.165) is 16.8 Å². The molecule has 7 heteroatoms. The fraction of sp³-hybridized carbons (Fsp3) is 0.286. The highest BCUT2D eigenvalue weighted by Gasteiger charge is 2.18. The van der Waals surface area contributed by atoms with E-state index in [1.165, 1.54) is 0 Å². The topological polar surface area (TPSA) is 69.3 Å². The second-order valence-electron chi connectivity index (χ2n) is 5.84. The van der Waals surface area contributed by atoms with Crippen molar-refractivity contribution in [3.63, 3.8) is 0 Å². The van der Waals surface area contributed by atoms with Gasteiger partial charge in [0.05, 0.1) is 25.6 Å². The van der Waals surface area contributed by atoms with Gasteiger partial charge in [-0.15, -0.1) is 0 Å². The number of aliphatic carboxylic acids is 1. The van der Waals surface area contributed by atoms with E-state index in [1.807, 2.05) is 73.9 Å². The van der Waals surface area contributed by atoms with E-state index in [2.05, 4.69) is 5.10 Å². The summed E-state index contributed by atoms with van der Waals surface area (Å²) < 4.78 is 9.30. The molecule has 0 unspecified atom stereocenters. The number of carbonyl (C=O) groups is 1. The molecule has 0 saturated heterocycles. The first-order chi connectivity index (χ1) is 13.5. The normalized spacial score (nSPS) is 10.1. The number of para-hydroxylation sites is 1. The molecule has 0 aliphatic carbocycles. The highest BCUT2D eigenvalue weighted by molar-refractivity contribution is 7.71. The summed E-state index contributed by atoms with van der Waals surface area (Å²) in [5.41, 5.74) is 2.79. The number of carboxylic acids is 1. The third-order valence-corrected chi connectivity index (χ3v) is 4.41. The van der Waals surface area contributed by atoms with Crippen LogP contribution in [0.3, 0.4) is 0 Å². The van der Waals surface area contributed by atoms with Gasteiger partial charge in [0.15, 0.2) is 5.82 Å². The van der Waals surface area contributed by atoms with Crippen LogP contribution in [0.2, 0.25) is 0 Å². The third kappa shape index (κ3) is 4.67. The van der Waals surface area contributed by atoms with Gasteiger partial charge >= 0.3 is 5.97 Å². The quantitative estimate of drug-likeness (QED) is 0.598. The maximum atomic E-state index is 11.0. The van der Waals surface area contributed by atoms with Gasteiger partial charge in [0.25, 0.3) is 0 Å². The third-order valence-electron chi connectivity index (χ3n) is 4.02. The van der Waals surface area contributed by atoms with Gasteiger partial charge in [0, 0.05) is 5.69 Å². The van der Waals surface area contributed by atoms with E-state index >= 15 is 0 Å². The second kappa shape index (κ2) is 9.85. The first-order valence-corrected chi connectivity index (χ1v) is 9.54. The van der Waals surface area contributed by atoms with E-state index in [1.54, 1.807) is 11.8 Å². The van der Waals surface area contributed by atoms with Crippen LogP contribution in [0.25, 0.3) is 17.1 Å². The van der Waals surface area contributed by atoms with Crippen LogP contribution in [-0.2, 0) is 11.3 Å². The van der Waals surface area contributed by atoms with Gasteiger partial charge in [-0.1, -0.05) is 43.7 Å². The zero-order chi connectivity index (χ0) is 20.7. The Morgan fingerprint density at radius 1 is 1.14 bits per heavy atom. The molecule has 0 fully saturated rings. The maximum Gasteiger partial charge on any atom is 0.305 e. The lowest BCUT2D eigenvalue weighted by molar-refractivity contribution is -0.137. The Morgan fingerprint density at radius 3 is 2.39 bits per heavy atom. The molecule has 6 nitrogen and oxygen atoms in total. The minimum Gasteiger partial charge on any atom is -0.496 e. The Labute approximate surface area is 170 Å². The fourth-order valence-electron chi connectivity index (χ4n) is 2.69. The van der Waals surface area contributed by atoms with E-state index in [4.69, 9.17) is 22.1 Å². The van der Waals surface area contributed by atoms with Crippen LogP contribution >= 0.6 is 12.2 Å². The molecule has 0 amide bonds. The van der Waals surface area contributed by atoms with Crippen LogP contribution in [0.5, 0.6) is 5.75 Å². The Balaban J connectivity index is 0.00000136. The summed E-state index contributed by atoms with van der Waals surface area (Å²) in [6, 6.07) is 15.5. The average Bonchev–Trinajstić information content (AvgIpc) is 3.04. The molecule has 148 valence electrons. The fourth-order valence-corrected chi connectivity index (χ4v) is 3.01. The van der Waals surface area contributed by atoms with E-state index < -0.39 is 5.97 Å². The summed E-state index contributed by atoms with van der Waals surface area (Å²) >= 11 is 5.59. The molecular formula is C21H25N3O3S. The number of methoxy groups -OCH3 is 1. The smallest absolute Gasteiger partial charge is 0.305 e. The van der Waals surface area contributed by atoms with E-state index in [9.17, 15) is 4.79 Å². The van der Waals surface area contributed by atoms with Crippen LogP contribution < -0.4 is 4.74 Å². The predicted octanol–water partition coefficient (Wildman–Crippen LogP) is 4.89. The molecule has 0 saturated carbocycles. The molecule has 0 radical (unpaired) electrons. The molecule has 1 N–H and O–H groups in total. The van der Waals surface area contributed by atoms with Crippen LogP contribution in [0, 0.1) is 11.7 Å². The van der Waals surface area contributed by atoms with Crippen molar-refractivity contribution in [2.75, 3.05) is 7.11 Å². The highest BCUT2D eigenvalue weighted by Crippen LogP contribution is 2.30. The predicted molar refractivity (Wildman–Crippen MR) is 113 cm³/mol. The summed E-state index contributed by atoms with van der Waals surface area (Å²) in [5.74, 6) is 0.392. The molecule has 0 atom stereocenters. The molecular weight excluding hydrogens is 374 g/mol. The van der Waals surface area contributed by atoms with Crippen LogP contribution in [-0.4, -0.2) is 32.5 Å². The van der Waals surface area contributed by atoms with Crippen LogP contribution in [0.1, 0.15) is 25.8 Å². The summed E-state index contributed by atoms with van der Waals surface area (Å²) in [6.07, 6.45) is -0.0510. The molecule has 1 aromatic heterocycles. The number of carboxylic acid groups (broad SMARTS) is 1. The largest absolute Gasteiger partial charge is 0.496 e. The Kier molecular flexibility index (Phi) is 7.52.